The standard InChI is InChI=1S/C23H12O/c24-23-18-7-3-6-17-16-11-10-14-9-8-13-4-1-2-5-15(13)21(14)19(16)12-20(23)22(17)18/h1-12H. The zero-order valence-corrected chi connectivity index (χ0v) is 12.8. The third-order valence-electron chi connectivity index (χ3n) is 5.35. The van der Waals surface area contributed by atoms with E-state index in [0.29, 0.717) is 0 Å². The normalized spacial score (nSPS) is 13.1. The van der Waals surface area contributed by atoms with Gasteiger partial charge in [0.25, 0.3) is 0 Å². The molecule has 0 spiro atoms. The summed E-state index contributed by atoms with van der Waals surface area (Å²) in [4.78, 5) is 12.4. The molecule has 1 aliphatic carbocycles. The second-order valence-corrected chi connectivity index (χ2v) is 6.53. The third kappa shape index (κ3) is 1.30. The lowest BCUT2D eigenvalue weighted by Gasteiger charge is -2.21. The van der Waals surface area contributed by atoms with Crippen LogP contribution in [0.25, 0.3) is 43.1 Å². The van der Waals surface area contributed by atoms with E-state index in [0.717, 1.165) is 16.5 Å². The Bertz CT molecular complexity index is 1360. The number of rotatable bonds is 0. The highest BCUT2D eigenvalue weighted by Crippen LogP contribution is 2.42. The minimum atomic E-state index is 0.176. The number of carbonyl (C=O) groups excluding carboxylic acids is 1. The van der Waals surface area contributed by atoms with E-state index < -0.39 is 0 Å². The van der Waals surface area contributed by atoms with E-state index in [9.17, 15) is 4.79 Å². The Hall–Kier alpha value is -3.19. The van der Waals surface area contributed by atoms with Crippen LogP contribution in [-0.4, -0.2) is 5.78 Å². The van der Waals surface area contributed by atoms with Crippen LogP contribution in [0, 0.1) is 0 Å². The van der Waals surface area contributed by atoms with Crippen LogP contribution >= 0.6 is 0 Å². The Labute approximate surface area is 138 Å². The van der Waals surface area contributed by atoms with Gasteiger partial charge in [0.1, 0.15) is 0 Å². The van der Waals surface area contributed by atoms with Crippen molar-refractivity contribution >= 4 is 48.9 Å². The first-order valence-corrected chi connectivity index (χ1v) is 8.17. The molecule has 0 unspecified atom stereocenters. The molecule has 0 radical (unpaired) electrons. The van der Waals surface area contributed by atoms with Crippen molar-refractivity contribution in [1.82, 2.24) is 0 Å². The van der Waals surface area contributed by atoms with Crippen LogP contribution in [-0.2, 0) is 0 Å². The van der Waals surface area contributed by atoms with Crippen molar-refractivity contribution in [3.63, 3.8) is 0 Å². The fourth-order valence-corrected chi connectivity index (χ4v) is 4.24. The minimum Gasteiger partial charge on any atom is -0.289 e. The molecule has 5 aromatic rings. The largest absolute Gasteiger partial charge is 0.289 e. The van der Waals surface area contributed by atoms with Gasteiger partial charge in [-0.3, -0.25) is 4.79 Å². The van der Waals surface area contributed by atoms with Gasteiger partial charge in [-0.25, -0.2) is 0 Å². The molecule has 5 aromatic carbocycles. The number of hydrogen-bond donors (Lipinski definition) is 0. The Balaban J connectivity index is 1.96. The second-order valence-electron chi connectivity index (χ2n) is 6.53. The van der Waals surface area contributed by atoms with Crippen molar-refractivity contribution in [3.8, 4) is 0 Å². The summed E-state index contributed by atoms with van der Waals surface area (Å²) in [6, 6.07) is 25.3. The summed E-state index contributed by atoms with van der Waals surface area (Å²) in [6.45, 7) is 0. The molecule has 1 heteroatoms. The SMILES string of the molecule is O=C1c2cccc3c2c1cc1c3ccc2ccc3ccccc3c21. The average molecular weight is 304 g/mol. The van der Waals surface area contributed by atoms with Gasteiger partial charge >= 0.3 is 0 Å². The summed E-state index contributed by atoms with van der Waals surface area (Å²) in [6.07, 6.45) is 0. The van der Waals surface area contributed by atoms with Crippen LogP contribution in [0.5, 0.6) is 0 Å². The van der Waals surface area contributed by atoms with Gasteiger partial charge in [0, 0.05) is 16.5 Å². The third-order valence-corrected chi connectivity index (χ3v) is 5.35. The van der Waals surface area contributed by atoms with Crippen LogP contribution in [0.15, 0.2) is 72.8 Å². The molecule has 1 nitrogen and oxygen atoms in total. The quantitative estimate of drug-likeness (QED) is 0.322. The van der Waals surface area contributed by atoms with Gasteiger partial charge < -0.3 is 0 Å². The topological polar surface area (TPSA) is 17.1 Å². The van der Waals surface area contributed by atoms with E-state index in [4.69, 9.17) is 0 Å². The van der Waals surface area contributed by atoms with E-state index >= 15 is 0 Å². The van der Waals surface area contributed by atoms with Gasteiger partial charge in [0.05, 0.1) is 0 Å². The predicted octanol–water partition coefficient (Wildman–Crippen LogP) is 5.84. The highest BCUT2D eigenvalue weighted by molar-refractivity contribution is 6.37. The first-order chi connectivity index (χ1) is 11.8. The maximum Gasteiger partial charge on any atom is 0.194 e. The Kier molecular flexibility index (Phi) is 2.05. The van der Waals surface area contributed by atoms with Crippen molar-refractivity contribution in [2.75, 3.05) is 0 Å². The van der Waals surface area contributed by atoms with Gasteiger partial charge in [0.2, 0.25) is 0 Å². The molecule has 110 valence electrons. The zero-order chi connectivity index (χ0) is 15.8. The molecule has 1 aliphatic rings. The van der Waals surface area contributed by atoms with Gasteiger partial charge in [-0.1, -0.05) is 66.7 Å². The van der Waals surface area contributed by atoms with Crippen molar-refractivity contribution in [2.24, 2.45) is 0 Å². The van der Waals surface area contributed by atoms with Crippen LogP contribution in [0.3, 0.4) is 0 Å². The highest BCUT2D eigenvalue weighted by atomic mass is 16.1. The van der Waals surface area contributed by atoms with Gasteiger partial charge in [-0.05, 0) is 43.8 Å². The summed E-state index contributed by atoms with van der Waals surface area (Å²) >= 11 is 0. The first-order valence-electron chi connectivity index (χ1n) is 8.17. The summed E-state index contributed by atoms with van der Waals surface area (Å²) in [7, 11) is 0. The molecule has 0 aliphatic heterocycles. The molecule has 0 atom stereocenters. The zero-order valence-electron chi connectivity index (χ0n) is 12.8. The fraction of sp³-hybridized carbons (Fsp3) is 0. The Morgan fingerprint density at radius 1 is 0.500 bits per heavy atom. The van der Waals surface area contributed by atoms with Gasteiger partial charge in [-0.2, -0.15) is 0 Å². The van der Waals surface area contributed by atoms with Crippen LogP contribution in [0.1, 0.15) is 15.9 Å². The lowest BCUT2D eigenvalue weighted by Crippen LogP contribution is -2.14. The minimum absolute atomic E-state index is 0.176. The first kappa shape index (κ1) is 12.3. The average Bonchev–Trinajstić information content (AvgIpc) is 2.65. The molecular weight excluding hydrogens is 292 g/mol. The molecule has 0 aromatic heterocycles. The number of hydrogen-bond acceptors (Lipinski definition) is 1. The molecule has 24 heavy (non-hydrogen) atoms. The lowest BCUT2D eigenvalue weighted by atomic mass is 9.80. The van der Waals surface area contributed by atoms with Crippen molar-refractivity contribution < 1.29 is 4.79 Å². The molecule has 6 rings (SSSR count). The smallest absolute Gasteiger partial charge is 0.194 e. The van der Waals surface area contributed by atoms with Crippen LogP contribution in [0.4, 0.5) is 0 Å². The second kappa shape index (κ2) is 4.01. The summed E-state index contributed by atoms with van der Waals surface area (Å²) in [5.41, 5.74) is 1.73. The Morgan fingerprint density at radius 3 is 2.25 bits per heavy atom. The van der Waals surface area contributed by atoms with Crippen molar-refractivity contribution in [1.29, 1.82) is 0 Å². The van der Waals surface area contributed by atoms with E-state index in [1.807, 2.05) is 12.1 Å². The molecule has 0 saturated carbocycles. The number of ketones is 1. The predicted molar refractivity (Wildman–Crippen MR) is 99.9 cm³/mol. The van der Waals surface area contributed by atoms with Gasteiger partial charge in [-0.15, -0.1) is 0 Å². The van der Waals surface area contributed by atoms with E-state index in [1.54, 1.807) is 0 Å². The number of carbonyl (C=O) groups is 1. The molecule has 0 heterocycles. The number of fused-ring (bicyclic) bond motifs is 6. The van der Waals surface area contributed by atoms with E-state index in [1.165, 1.54) is 37.7 Å². The molecule has 0 saturated heterocycles. The summed E-state index contributed by atoms with van der Waals surface area (Å²) in [5, 5.41) is 9.67. The fourth-order valence-electron chi connectivity index (χ4n) is 4.24. The van der Waals surface area contributed by atoms with Crippen LogP contribution < -0.4 is 0 Å². The molecule has 0 N–H and O–H groups in total. The maximum atomic E-state index is 12.4. The molecule has 0 bridgehead atoms. The molecular formula is C23H12O. The number of benzene rings is 5. The van der Waals surface area contributed by atoms with Crippen LogP contribution in [0.2, 0.25) is 0 Å². The molecule has 0 fully saturated rings. The van der Waals surface area contributed by atoms with Gasteiger partial charge in [0.15, 0.2) is 5.78 Å². The highest BCUT2D eigenvalue weighted by Gasteiger charge is 2.27. The van der Waals surface area contributed by atoms with Crippen molar-refractivity contribution in [2.45, 2.75) is 0 Å². The summed E-state index contributed by atoms with van der Waals surface area (Å²) < 4.78 is 0. The molecule has 0 amide bonds. The maximum absolute atomic E-state index is 12.4. The lowest BCUT2D eigenvalue weighted by molar-refractivity contribution is 0.103. The van der Waals surface area contributed by atoms with Crippen molar-refractivity contribution in [3.05, 3.63) is 83.9 Å². The monoisotopic (exact) mass is 304 g/mol. The summed E-state index contributed by atoms with van der Waals surface area (Å²) in [5.74, 6) is 0.176. The van der Waals surface area contributed by atoms with E-state index in [2.05, 4.69) is 60.7 Å². The van der Waals surface area contributed by atoms with E-state index in [-0.39, 0.29) is 5.78 Å². The Morgan fingerprint density at radius 2 is 1.29 bits per heavy atom.